The van der Waals surface area contributed by atoms with Crippen molar-refractivity contribution >= 4 is 0 Å². The van der Waals surface area contributed by atoms with E-state index in [2.05, 4.69) is 5.32 Å². The summed E-state index contributed by atoms with van der Waals surface area (Å²) in [6, 6.07) is 0. The quantitative estimate of drug-likeness (QED) is 0.463. The van der Waals surface area contributed by atoms with Crippen LogP contribution in [0.3, 0.4) is 0 Å². The van der Waals surface area contributed by atoms with Gasteiger partial charge in [-0.05, 0) is 39.0 Å². The van der Waals surface area contributed by atoms with E-state index >= 15 is 0 Å². The Hall–Kier alpha value is -0.0800. The highest BCUT2D eigenvalue weighted by molar-refractivity contribution is 4.57. The molecule has 0 saturated carbocycles. The van der Waals surface area contributed by atoms with Gasteiger partial charge < -0.3 is 10.6 Å². The molecule has 1 aliphatic heterocycles. The summed E-state index contributed by atoms with van der Waals surface area (Å²) >= 11 is 0. The van der Waals surface area contributed by atoms with E-state index in [9.17, 15) is 0 Å². The highest BCUT2D eigenvalue weighted by Crippen LogP contribution is 1.81. The fourth-order valence-corrected chi connectivity index (χ4v) is 0.869. The predicted octanol–water partition coefficient (Wildman–Crippen LogP) is -0.0406. The van der Waals surface area contributed by atoms with Crippen LogP contribution in [0.25, 0.3) is 0 Å². The molecule has 0 aromatic heterocycles. The Morgan fingerprint density at radius 3 is 2.25 bits per heavy atom. The van der Waals surface area contributed by atoms with Gasteiger partial charge in [0.05, 0.1) is 0 Å². The van der Waals surface area contributed by atoms with Gasteiger partial charge in [-0.3, -0.25) is 0 Å². The van der Waals surface area contributed by atoms with Crippen molar-refractivity contribution in [3.05, 3.63) is 0 Å². The van der Waals surface area contributed by atoms with Gasteiger partial charge >= 0.3 is 0 Å². The van der Waals surface area contributed by atoms with Crippen LogP contribution < -0.4 is 10.6 Å². The molecule has 1 aliphatic rings. The molecule has 2 N–H and O–H groups in total. The maximum absolute atomic E-state index is 7.31. The zero-order chi connectivity index (χ0) is 6.53. The van der Waals surface area contributed by atoms with Crippen LogP contribution in [0.4, 0.5) is 0 Å². The Morgan fingerprint density at radius 2 is 1.62 bits per heavy atom. The van der Waals surface area contributed by atoms with E-state index in [1.54, 1.807) is 5.31 Å². The Kier molecular flexibility index (Phi) is 2.30. The largest absolute Gasteiger partial charge is 0.317 e. The summed E-state index contributed by atoms with van der Waals surface area (Å²) in [5.74, 6) is 0. The fraction of sp³-hybridized carbons (Fsp3) is 1.00. The molecule has 48 valence electrons. The third-order valence-electron chi connectivity index (χ3n) is 1.34. The maximum Gasteiger partial charge on any atom is 0.122 e. The van der Waals surface area contributed by atoms with E-state index in [0.29, 0.717) is 0 Å². The second-order valence-corrected chi connectivity index (χ2v) is 2.13. The van der Waals surface area contributed by atoms with Crippen LogP contribution in [0.2, 0.25) is 1.41 Å². The molecule has 0 aromatic rings. The van der Waals surface area contributed by atoms with Crippen molar-refractivity contribution in [2.75, 3.05) is 26.2 Å². The molecule has 0 radical (unpaired) electrons. The van der Waals surface area contributed by atoms with Crippen LogP contribution in [0.15, 0.2) is 0 Å². The normalized spacial score (nSPS) is 28.2. The molecular formula is C6H14N2. The minimum atomic E-state index is 0.924. The smallest absolute Gasteiger partial charge is 0.122 e. The SMILES string of the molecule is [2H]N1CCCNCCC1. The first-order valence-corrected chi connectivity index (χ1v) is 3.34. The molecule has 0 amide bonds. The van der Waals surface area contributed by atoms with Crippen molar-refractivity contribution < 1.29 is 1.41 Å². The summed E-state index contributed by atoms with van der Waals surface area (Å²) < 4.78 is 7.31. The lowest BCUT2D eigenvalue weighted by atomic mass is 10.3. The van der Waals surface area contributed by atoms with Crippen LogP contribution in [0.5, 0.6) is 0 Å². The molecule has 0 aliphatic carbocycles. The molecule has 0 aromatic carbocycles. The zero-order valence-electron chi connectivity index (χ0n) is 6.19. The lowest BCUT2D eigenvalue weighted by Gasteiger charge is -2.09. The molecule has 0 unspecified atom stereocenters. The Balaban J connectivity index is 2.12. The van der Waals surface area contributed by atoms with E-state index in [0.717, 1.165) is 39.0 Å². The van der Waals surface area contributed by atoms with Crippen LogP contribution >= 0.6 is 0 Å². The summed E-state index contributed by atoms with van der Waals surface area (Å²) in [5, 5.41) is 4.95. The van der Waals surface area contributed by atoms with Gasteiger partial charge in [-0.1, -0.05) is 0 Å². The average molecular weight is 115 g/mol. The highest BCUT2D eigenvalue weighted by atomic mass is 14.9. The van der Waals surface area contributed by atoms with E-state index in [-0.39, 0.29) is 0 Å². The summed E-state index contributed by atoms with van der Waals surface area (Å²) in [7, 11) is 0. The molecule has 1 fully saturated rings. The van der Waals surface area contributed by atoms with Crippen molar-refractivity contribution in [1.29, 1.82) is 0 Å². The number of rotatable bonds is 0. The molecule has 1 rings (SSSR count). The molecule has 8 heavy (non-hydrogen) atoms. The molecule has 0 spiro atoms. The molecular weight excluding hydrogens is 100 g/mol. The monoisotopic (exact) mass is 115 g/mol. The lowest BCUT2D eigenvalue weighted by Crippen LogP contribution is -2.29. The second kappa shape index (κ2) is 3.87. The first kappa shape index (κ1) is 4.77. The van der Waals surface area contributed by atoms with Crippen molar-refractivity contribution in [2.24, 2.45) is 0 Å². The van der Waals surface area contributed by atoms with Crippen molar-refractivity contribution in [3.63, 3.8) is 0 Å². The Morgan fingerprint density at radius 1 is 1.00 bits per heavy atom. The summed E-state index contributed by atoms with van der Waals surface area (Å²) in [5.41, 5.74) is 0. The van der Waals surface area contributed by atoms with Gasteiger partial charge in [0.25, 0.3) is 0 Å². The molecule has 0 bridgehead atoms. The van der Waals surface area contributed by atoms with Gasteiger partial charge in [0.15, 0.2) is 0 Å². The van der Waals surface area contributed by atoms with Crippen LogP contribution in [0.1, 0.15) is 12.8 Å². The van der Waals surface area contributed by atoms with Crippen molar-refractivity contribution in [2.45, 2.75) is 12.8 Å². The van der Waals surface area contributed by atoms with E-state index in [1.165, 1.54) is 0 Å². The first-order valence-electron chi connectivity index (χ1n) is 3.79. The average Bonchev–Trinajstić information content (AvgIpc) is 1.79. The fourth-order valence-electron chi connectivity index (χ4n) is 0.869. The predicted molar refractivity (Wildman–Crippen MR) is 35.0 cm³/mol. The van der Waals surface area contributed by atoms with Gasteiger partial charge in [0, 0.05) is 0 Å². The number of nitrogens with one attached hydrogen (secondary N) is 2. The van der Waals surface area contributed by atoms with Crippen molar-refractivity contribution in [1.82, 2.24) is 10.6 Å². The summed E-state index contributed by atoms with van der Waals surface area (Å²) in [6.07, 6.45) is 2.23. The van der Waals surface area contributed by atoms with E-state index in [1.807, 2.05) is 0 Å². The summed E-state index contributed by atoms with van der Waals surface area (Å²) in [4.78, 5) is 0. The van der Waals surface area contributed by atoms with E-state index in [4.69, 9.17) is 1.41 Å². The van der Waals surface area contributed by atoms with Crippen LogP contribution in [0, 0.1) is 0 Å². The van der Waals surface area contributed by atoms with Crippen LogP contribution in [-0.2, 0) is 0 Å². The first-order chi connectivity index (χ1) is 4.39. The molecule has 1 heterocycles. The topological polar surface area (TPSA) is 24.1 Å². The third kappa shape index (κ3) is 2.28. The van der Waals surface area contributed by atoms with Crippen molar-refractivity contribution in [3.8, 4) is 0 Å². The molecule has 2 nitrogen and oxygen atoms in total. The third-order valence-corrected chi connectivity index (χ3v) is 1.34. The highest BCUT2D eigenvalue weighted by Gasteiger charge is 1.92. The van der Waals surface area contributed by atoms with E-state index < -0.39 is 0 Å². The van der Waals surface area contributed by atoms with Gasteiger partial charge in [-0.15, -0.1) is 0 Å². The minimum absolute atomic E-state index is 0.924. The Labute approximate surface area is 52.1 Å². The zero-order valence-corrected chi connectivity index (χ0v) is 5.19. The molecule has 2 heteroatoms. The Bertz CT molecular complexity index is 69.5. The van der Waals surface area contributed by atoms with Gasteiger partial charge in [0.1, 0.15) is 1.41 Å². The molecule has 1 saturated heterocycles. The minimum Gasteiger partial charge on any atom is -0.317 e. The van der Waals surface area contributed by atoms with Crippen LogP contribution in [-0.4, -0.2) is 26.2 Å². The van der Waals surface area contributed by atoms with Gasteiger partial charge in [-0.25, -0.2) is 0 Å². The molecule has 0 atom stereocenters. The maximum atomic E-state index is 7.31. The summed E-state index contributed by atoms with van der Waals surface area (Å²) in [6.45, 7) is 4.00. The standard InChI is InChI=1S/C6H14N2/c1-3-7-5-2-6-8-4-1/h7-8H,1-6H2/i/hD. The second-order valence-electron chi connectivity index (χ2n) is 2.13. The van der Waals surface area contributed by atoms with Gasteiger partial charge in [-0.2, -0.15) is 0 Å². The van der Waals surface area contributed by atoms with Gasteiger partial charge in [0.2, 0.25) is 0 Å². The number of hydrogen-bond donors (Lipinski definition) is 2. The number of hydrogen-bond acceptors (Lipinski definition) is 2. The lowest BCUT2D eigenvalue weighted by molar-refractivity contribution is 0.527.